The molecule has 0 radical (unpaired) electrons. The molecule has 2 fully saturated rings. The Hall–Kier alpha value is -3.64. The SMILES string of the molecule is CCc1c(F)ccc2cc(OCOC)cc(-c3c(Cl)cc4c(N5CCC[C@@](C)(O)C5)nc(OC[C@]5(C)CN(C)CC/C5=C\F)nc4c3F)c12. The molecule has 4 aromatic rings. The summed E-state index contributed by atoms with van der Waals surface area (Å²) >= 11 is 6.97. The zero-order chi connectivity index (χ0) is 35.1. The Balaban J connectivity index is 1.56. The number of aryl methyl sites for hydroxylation is 1. The standard InChI is InChI=1S/C37H42ClF3N4O4/c1-6-25-29(40)9-8-22-14-24(49-21-47-5)15-26(30(22)25)31-28(38)16-27-33(32(31)41)42-35(43-34(27)45-12-7-11-37(3,46)19-45)48-20-36(2)18-44(4)13-10-23(36)17-39/h8-9,14-17,46H,6-7,10-13,18-21H2,1-5H3/b23-17+/t36-,37+/m0/s1. The maximum absolute atomic E-state index is 17.3. The number of aliphatic hydroxyl groups is 1. The molecule has 2 atom stereocenters. The first-order valence-electron chi connectivity index (χ1n) is 16.5. The third kappa shape index (κ3) is 6.91. The van der Waals surface area contributed by atoms with Gasteiger partial charge in [-0.05, 0) is 91.4 Å². The normalized spacial score (nSPS) is 22.7. The minimum atomic E-state index is -0.998. The highest BCUT2D eigenvalue weighted by Gasteiger charge is 2.36. The van der Waals surface area contributed by atoms with Crippen molar-refractivity contribution in [2.24, 2.45) is 5.41 Å². The molecule has 12 heteroatoms. The van der Waals surface area contributed by atoms with Crippen molar-refractivity contribution in [2.45, 2.75) is 52.1 Å². The highest BCUT2D eigenvalue weighted by Crippen LogP contribution is 2.45. The molecule has 0 spiro atoms. The van der Waals surface area contributed by atoms with Gasteiger partial charge >= 0.3 is 6.01 Å². The predicted molar refractivity (Wildman–Crippen MR) is 186 cm³/mol. The highest BCUT2D eigenvalue weighted by molar-refractivity contribution is 6.35. The lowest BCUT2D eigenvalue weighted by atomic mass is 9.78. The van der Waals surface area contributed by atoms with Gasteiger partial charge in [-0.15, -0.1) is 0 Å². The summed E-state index contributed by atoms with van der Waals surface area (Å²) in [6.07, 6.45) is 2.84. The van der Waals surface area contributed by atoms with Crippen molar-refractivity contribution in [3.8, 4) is 22.9 Å². The number of aromatic nitrogens is 2. The number of β-amino-alcohol motifs (C(OH)–C–C–N with tert-alkyl or cyclic N) is 1. The molecule has 0 amide bonds. The van der Waals surface area contributed by atoms with E-state index in [1.807, 2.05) is 25.8 Å². The molecule has 0 bridgehead atoms. The molecule has 262 valence electrons. The van der Waals surface area contributed by atoms with E-state index in [1.165, 1.54) is 13.2 Å². The van der Waals surface area contributed by atoms with Crippen LogP contribution in [-0.4, -0.2) is 79.3 Å². The number of methoxy groups -OCH3 is 1. The van der Waals surface area contributed by atoms with Crippen LogP contribution in [0.3, 0.4) is 0 Å². The second-order valence-corrected chi connectivity index (χ2v) is 14.2. The summed E-state index contributed by atoms with van der Waals surface area (Å²) < 4.78 is 63.6. The number of likely N-dealkylation sites (tertiary alicyclic amines) is 1. The van der Waals surface area contributed by atoms with Crippen LogP contribution in [-0.2, 0) is 11.2 Å². The fourth-order valence-electron chi connectivity index (χ4n) is 7.29. The summed E-state index contributed by atoms with van der Waals surface area (Å²) in [5.41, 5.74) is -0.326. The minimum absolute atomic E-state index is 0.0205. The Labute approximate surface area is 289 Å². The first-order valence-corrected chi connectivity index (χ1v) is 16.9. The van der Waals surface area contributed by atoms with Crippen LogP contribution in [0.1, 0.15) is 45.6 Å². The van der Waals surface area contributed by atoms with Crippen molar-refractivity contribution < 1.29 is 32.5 Å². The van der Waals surface area contributed by atoms with Crippen LogP contribution in [0.15, 0.2) is 42.2 Å². The lowest BCUT2D eigenvalue weighted by Gasteiger charge is -2.40. The summed E-state index contributed by atoms with van der Waals surface area (Å²) in [5, 5.41) is 12.5. The molecule has 2 aliphatic rings. The van der Waals surface area contributed by atoms with E-state index in [9.17, 15) is 9.50 Å². The molecule has 0 saturated carbocycles. The van der Waals surface area contributed by atoms with Gasteiger partial charge in [0.25, 0.3) is 0 Å². The third-order valence-corrected chi connectivity index (χ3v) is 10.0. The zero-order valence-corrected chi connectivity index (χ0v) is 29.3. The molecular weight excluding hydrogens is 657 g/mol. The molecule has 0 aliphatic carbocycles. The fraction of sp³-hybridized carbons (Fsp3) is 0.459. The van der Waals surface area contributed by atoms with E-state index in [2.05, 4.69) is 9.88 Å². The molecule has 3 heterocycles. The van der Waals surface area contributed by atoms with Crippen molar-refractivity contribution in [1.82, 2.24) is 14.9 Å². The average Bonchev–Trinajstić information content (AvgIpc) is 3.06. The van der Waals surface area contributed by atoms with E-state index in [1.54, 1.807) is 31.2 Å². The van der Waals surface area contributed by atoms with Crippen molar-refractivity contribution in [3.05, 3.63) is 64.5 Å². The van der Waals surface area contributed by atoms with Gasteiger partial charge in [-0.25, -0.2) is 13.2 Å². The lowest BCUT2D eigenvalue weighted by molar-refractivity contribution is 0.0447. The molecular formula is C37H42ClF3N4O4. The second-order valence-electron chi connectivity index (χ2n) is 13.8. The van der Waals surface area contributed by atoms with Gasteiger partial charge < -0.3 is 29.1 Å². The van der Waals surface area contributed by atoms with Crippen LogP contribution >= 0.6 is 11.6 Å². The van der Waals surface area contributed by atoms with E-state index >= 15 is 8.78 Å². The molecule has 1 N–H and O–H groups in total. The van der Waals surface area contributed by atoms with Crippen LogP contribution in [0.5, 0.6) is 11.8 Å². The summed E-state index contributed by atoms with van der Waals surface area (Å²) in [4.78, 5) is 13.3. The smallest absolute Gasteiger partial charge is 0.319 e. The Morgan fingerprint density at radius 3 is 2.59 bits per heavy atom. The quantitative estimate of drug-likeness (QED) is 0.177. The van der Waals surface area contributed by atoms with E-state index in [0.29, 0.717) is 89.5 Å². The summed E-state index contributed by atoms with van der Waals surface area (Å²) in [6, 6.07) is 7.91. The molecule has 3 aromatic carbocycles. The van der Waals surface area contributed by atoms with Gasteiger partial charge in [0.1, 0.15) is 29.5 Å². The van der Waals surface area contributed by atoms with Crippen LogP contribution < -0.4 is 14.4 Å². The van der Waals surface area contributed by atoms with Gasteiger partial charge in [0.2, 0.25) is 0 Å². The number of rotatable bonds is 9. The Kier molecular flexibility index (Phi) is 10.0. The van der Waals surface area contributed by atoms with E-state index in [0.717, 1.165) is 6.54 Å². The van der Waals surface area contributed by atoms with E-state index < -0.39 is 22.7 Å². The van der Waals surface area contributed by atoms with Gasteiger partial charge in [0.15, 0.2) is 12.6 Å². The van der Waals surface area contributed by atoms with Crippen molar-refractivity contribution in [2.75, 3.05) is 58.6 Å². The molecule has 1 aromatic heterocycles. The number of ether oxygens (including phenoxy) is 3. The molecule has 0 unspecified atom stereocenters. The lowest BCUT2D eigenvalue weighted by Crippen LogP contribution is -2.46. The van der Waals surface area contributed by atoms with Crippen LogP contribution in [0.25, 0.3) is 32.8 Å². The number of halogens is 4. The van der Waals surface area contributed by atoms with Crippen LogP contribution in [0.4, 0.5) is 19.0 Å². The molecule has 2 saturated heterocycles. The second kappa shape index (κ2) is 13.9. The fourth-order valence-corrected chi connectivity index (χ4v) is 7.59. The number of hydrogen-bond donors (Lipinski definition) is 1. The number of hydrogen-bond acceptors (Lipinski definition) is 8. The maximum atomic E-state index is 17.3. The number of benzene rings is 3. The van der Waals surface area contributed by atoms with Gasteiger partial charge in [-0.1, -0.05) is 31.5 Å². The highest BCUT2D eigenvalue weighted by atomic mass is 35.5. The Morgan fingerprint density at radius 2 is 1.88 bits per heavy atom. The Morgan fingerprint density at radius 1 is 1.08 bits per heavy atom. The van der Waals surface area contributed by atoms with Gasteiger partial charge in [-0.3, -0.25) is 0 Å². The number of nitrogens with zero attached hydrogens (tertiary/aromatic N) is 4. The summed E-state index contributed by atoms with van der Waals surface area (Å²) in [6.45, 7) is 7.60. The summed E-state index contributed by atoms with van der Waals surface area (Å²) in [5.74, 6) is -0.412. The van der Waals surface area contributed by atoms with Gasteiger partial charge in [-0.2, -0.15) is 9.97 Å². The van der Waals surface area contributed by atoms with Crippen molar-refractivity contribution in [1.29, 1.82) is 0 Å². The van der Waals surface area contributed by atoms with E-state index in [-0.39, 0.29) is 42.1 Å². The largest absolute Gasteiger partial charge is 0.468 e. The molecule has 8 nitrogen and oxygen atoms in total. The van der Waals surface area contributed by atoms with Gasteiger partial charge in [0.05, 0.1) is 17.0 Å². The van der Waals surface area contributed by atoms with Crippen LogP contribution in [0, 0.1) is 17.0 Å². The zero-order valence-electron chi connectivity index (χ0n) is 28.5. The predicted octanol–water partition coefficient (Wildman–Crippen LogP) is 7.85. The Bertz CT molecular complexity index is 1920. The van der Waals surface area contributed by atoms with Crippen molar-refractivity contribution in [3.63, 3.8) is 0 Å². The van der Waals surface area contributed by atoms with E-state index in [4.69, 9.17) is 30.8 Å². The minimum Gasteiger partial charge on any atom is -0.468 e. The molecule has 49 heavy (non-hydrogen) atoms. The maximum Gasteiger partial charge on any atom is 0.319 e. The number of piperidine rings is 2. The monoisotopic (exact) mass is 698 g/mol. The van der Waals surface area contributed by atoms with Gasteiger partial charge in [0, 0.05) is 49.7 Å². The average molecular weight is 699 g/mol. The molecule has 6 rings (SSSR count). The van der Waals surface area contributed by atoms with Crippen molar-refractivity contribution >= 4 is 39.1 Å². The first-order chi connectivity index (χ1) is 23.4. The van der Waals surface area contributed by atoms with Crippen LogP contribution in [0.2, 0.25) is 5.02 Å². The number of fused-ring (bicyclic) bond motifs is 2. The third-order valence-electron chi connectivity index (χ3n) is 9.73. The topological polar surface area (TPSA) is 80.2 Å². The summed E-state index contributed by atoms with van der Waals surface area (Å²) in [7, 11) is 3.46. The first kappa shape index (κ1) is 35.2. The molecule has 2 aliphatic heterocycles. The number of anilines is 1.